The molecule has 1 aromatic rings. The molecular weight excluding hydrogens is 292 g/mol. The molecule has 5 nitrogen and oxygen atoms in total. The third kappa shape index (κ3) is 3.59. The Labute approximate surface area is 127 Å². The van der Waals surface area contributed by atoms with E-state index >= 15 is 0 Å². The standard InChI is InChI=1S/C15H19F2N3O2/c16-12-5-1-4-11(13(12)17)15(22)20-8-2-3-10(9-20)14(21)19-7-6-18/h1,4-5,10H,2-3,6-9,18H2,(H,19,21). The van der Waals surface area contributed by atoms with Crippen LogP contribution in [0.2, 0.25) is 0 Å². The summed E-state index contributed by atoms with van der Waals surface area (Å²) in [4.78, 5) is 25.7. The molecule has 2 amide bonds. The normalized spacial score (nSPS) is 18.1. The number of hydrogen-bond acceptors (Lipinski definition) is 3. The Morgan fingerprint density at radius 1 is 1.36 bits per heavy atom. The van der Waals surface area contributed by atoms with Gasteiger partial charge in [-0.3, -0.25) is 9.59 Å². The predicted molar refractivity (Wildman–Crippen MR) is 77.0 cm³/mol. The Balaban J connectivity index is 2.07. The van der Waals surface area contributed by atoms with E-state index in [-0.39, 0.29) is 23.9 Å². The number of likely N-dealkylation sites (tertiary alicyclic amines) is 1. The van der Waals surface area contributed by atoms with Crippen LogP contribution in [0.3, 0.4) is 0 Å². The number of nitrogens with one attached hydrogen (secondary N) is 1. The molecule has 1 aliphatic heterocycles. The number of nitrogens with zero attached hydrogens (tertiary/aromatic N) is 1. The van der Waals surface area contributed by atoms with Gasteiger partial charge in [-0.15, -0.1) is 0 Å². The molecule has 0 saturated carbocycles. The lowest BCUT2D eigenvalue weighted by molar-refractivity contribution is -0.126. The fourth-order valence-corrected chi connectivity index (χ4v) is 2.55. The third-order valence-electron chi connectivity index (χ3n) is 3.70. The van der Waals surface area contributed by atoms with Gasteiger partial charge in [0, 0.05) is 26.2 Å². The number of carbonyl (C=O) groups is 2. The maximum Gasteiger partial charge on any atom is 0.256 e. The van der Waals surface area contributed by atoms with Crippen molar-refractivity contribution in [1.29, 1.82) is 0 Å². The molecule has 0 spiro atoms. The van der Waals surface area contributed by atoms with Crippen molar-refractivity contribution in [2.24, 2.45) is 11.7 Å². The minimum absolute atomic E-state index is 0.164. The summed E-state index contributed by atoms with van der Waals surface area (Å²) in [6.45, 7) is 1.35. The van der Waals surface area contributed by atoms with Gasteiger partial charge >= 0.3 is 0 Å². The second-order valence-electron chi connectivity index (χ2n) is 5.27. The summed E-state index contributed by atoms with van der Waals surface area (Å²) in [7, 11) is 0. The topological polar surface area (TPSA) is 75.4 Å². The zero-order valence-corrected chi connectivity index (χ0v) is 12.1. The Morgan fingerprint density at radius 3 is 2.86 bits per heavy atom. The Bertz CT molecular complexity index is 566. The number of nitrogens with two attached hydrogens (primary N) is 1. The molecule has 120 valence electrons. The van der Waals surface area contributed by atoms with Crippen LogP contribution in [0.5, 0.6) is 0 Å². The van der Waals surface area contributed by atoms with Gasteiger partial charge in [-0.25, -0.2) is 8.78 Å². The van der Waals surface area contributed by atoms with Crippen LogP contribution in [0.25, 0.3) is 0 Å². The van der Waals surface area contributed by atoms with Crippen LogP contribution < -0.4 is 11.1 Å². The first-order valence-electron chi connectivity index (χ1n) is 7.25. The molecule has 1 fully saturated rings. The SMILES string of the molecule is NCCNC(=O)C1CCCN(C(=O)c2cccc(F)c2F)C1. The summed E-state index contributed by atoms with van der Waals surface area (Å²) < 4.78 is 26.9. The van der Waals surface area contributed by atoms with Crippen LogP contribution in [0.15, 0.2) is 18.2 Å². The van der Waals surface area contributed by atoms with Gasteiger partial charge in [-0.05, 0) is 25.0 Å². The molecule has 0 aliphatic carbocycles. The van der Waals surface area contributed by atoms with Crippen molar-refractivity contribution in [3.05, 3.63) is 35.4 Å². The van der Waals surface area contributed by atoms with Gasteiger partial charge in [0.2, 0.25) is 5.91 Å². The maximum atomic E-state index is 13.7. The van der Waals surface area contributed by atoms with Crippen molar-refractivity contribution < 1.29 is 18.4 Å². The Hall–Kier alpha value is -2.02. The van der Waals surface area contributed by atoms with Gasteiger partial charge in [0.15, 0.2) is 11.6 Å². The zero-order valence-electron chi connectivity index (χ0n) is 12.1. The molecule has 1 unspecified atom stereocenters. The number of halogens is 2. The molecule has 3 N–H and O–H groups in total. The minimum atomic E-state index is -1.15. The van der Waals surface area contributed by atoms with E-state index in [1.54, 1.807) is 0 Å². The van der Waals surface area contributed by atoms with Gasteiger partial charge in [-0.2, -0.15) is 0 Å². The van der Waals surface area contributed by atoms with Crippen molar-refractivity contribution in [2.45, 2.75) is 12.8 Å². The summed E-state index contributed by atoms with van der Waals surface area (Å²) >= 11 is 0. The average molecular weight is 311 g/mol. The molecule has 1 atom stereocenters. The van der Waals surface area contributed by atoms with E-state index in [4.69, 9.17) is 5.73 Å². The van der Waals surface area contributed by atoms with E-state index in [9.17, 15) is 18.4 Å². The summed E-state index contributed by atoms with van der Waals surface area (Å²) in [5.74, 6) is -3.31. The van der Waals surface area contributed by atoms with Crippen molar-refractivity contribution in [3.8, 4) is 0 Å². The molecule has 1 aromatic carbocycles. The number of carbonyl (C=O) groups excluding carboxylic acids is 2. The number of amides is 2. The molecule has 1 heterocycles. The largest absolute Gasteiger partial charge is 0.355 e. The lowest BCUT2D eigenvalue weighted by Crippen LogP contribution is -2.46. The predicted octanol–water partition coefficient (Wildman–Crippen LogP) is 0.892. The first kappa shape index (κ1) is 16.4. The molecule has 0 bridgehead atoms. The van der Waals surface area contributed by atoms with E-state index in [1.807, 2.05) is 0 Å². The van der Waals surface area contributed by atoms with Crippen molar-refractivity contribution in [2.75, 3.05) is 26.2 Å². The van der Waals surface area contributed by atoms with Crippen LogP contribution in [0.4, 0.5) is 8.78 Å². The van der Waals surface area contributed by atoms with Crippen molar-refractivity contribution in [1.82, 2.24) is 10.2 Å². The molecule has 22 heavy (non-hydrogen) atoms. The summed E-state index contributed by atoms with van der Waals surface area (Å²) in [6, 6.07) is 3.51. The second kappa shape index (κ2) is 7.31. The number of benzene rings is 1. The lowest BCUT2D eigenvalue weighted by atomic mass is 9.96. The highest BCUT2D eigenvalue weighted by molar-refractivity contribution is 5.95. The fraction of sp³-hybridized carbons (Fsp3) is 0.467. The summed E-state index contributed by atoms with van der Waals surface area (Å²) in [5.41, 5.74) is 5.03. The van der Waals surface area contributed by atoms with E-state index in [0.29, 0.717) is 32.5 Å². The quantitative estimate of drug-likeness (QED) is 0.867. The molecule has 1 aliphatic rings. The number of rotatable bonds is 4. The number of hydrogen-bond donors (Lipinski definition) is 2. The third-order valence-corrected chi connectivity index (χ3v) is 3.70. The van der Waals surface area contributed by atoms with Crippen molar-refractivity contribution in [3.63, 3.8) is 0 Å². The molecule has 0 aromatic heterocycles. The summed E-state index contributed by atoms with van der Waals surface area (Å²) in [5, 5.41) is 2.69. The fourth-order valence-electron chi connectivity index (χ4n) is 2.55. The van der Waals surface area contributed by atoms with Crippen LogP contribution in [0.1, 0.15) is 23.2 Å². The molecular formula is C15H19F2N3O2. The highest BCUT2D eigenvalue weighted by atomic mass is 19.2. The van der Waals surface area contributed by atoms with E-state index in [0.717, 1.165) is 6.07 Å². The highest BCUT2D eigenvalue weighted by Crippen LogP contribution is 2.20. The van der Waals surface area contributed by atoms with Crippen LogP contribution in [0, 0.1) is 17.6 Å². The maximum absolute atomic E-state index is 13.7. The number of piperidine rings is 1. The van der Waals surface area contributed by atoms with Crippen LogP contribution in [-0.4, -0.2) is 42.9 Å². The summed E-state index contributed by atoms with van der Waals surface area (Å²) in [6.07, 6.45) is 1.30. The Morgan fingerprint density at radius 2 is 2.14 bits per heavy atom. The van der Waals surface area contributed by atoms with E-state index < -0.39 is 17.5 Å². The first-order valence-corrected chi connectivity index (χ1v) is 7.25. The average Bonchev–Trinajstić information content (AvgIpc) is 2.54. The van der Waals surface area contributed by atoms with Gasteiger partial charge in [-0.1, -0.05) is 6.07 Å². The van der Waals surface area contributed by atoms with Crippen molar-refractivity contribution >= 4 is 11.8 Å². The molecule has 7 heteroatoms. The first-order chi connectivity index (χ1) is 10.5. The minimum Gasteiger partial charge on any atom is -0.355 e. The van der Waals surface area contributed by atoms with Gasteiger partial charge < -0.3 is 16.0 Å². The highest BCUT2D eigenvalue weighted by Gasteiger charge is 2.30. The van der Waals surface area contributed by atoms with Crippen LogP contribution in [-0.2, 0) is 4.79 Å². The Kier molecular flexibility index (Phi) is 5.43. The van der Waals surface area contributed by atoms with Gasteiger partial charge in [0.1, 0.15) is 0 Å². The zero-order chi connectivity index (χ0) is 16.1. The lowest BCUT2D eigenvalue weighted by Gasteiger charge is -2.32. The molecule has 0 radical (unpaired) electrons. The van der Waals surface area contributed by atoms with E-state index in [2.05, 4.69) is 5.32 Å². The van der Waals surface area contributed by atoms with E-state index in [1.165, 1.54) is 17.0 Å². The van der Waals surface area contributed by atoms with Crippen LogP contribution >= 0.6 is 0 Å². The van der Waals surface area contributed by atoms with Gasteiger partial charge in [0.25, 0.3) is 5.91 Å². The molecule has 1 saturated heterocycles. The smallest absolute Gasteiger partial charge is 0.256 e. The second-order valence-corrected chi connectivity index (χ2v) is 5.27. The van der Waals surface area contributed by atoms with Gasteiger partial charge in [0.05, 0.1) is 11.5 Å². The monoisotopic (exact) mass is 311 g/mol. The molecule has 2 rings (SSSR count).